The lowest BCUT2D eigenvalue weighted by Gasteiger charge is -2.10. The molecule has 0 bridgehead atoms. The van der Waals surface area contributed by atoms with Gasteiger partial charge in [0.1, 0.15) is 5.82 Å². The molecule has 25 heavy (non-hydrogen) atoms. The number of hydrogen-bond donors (Lipinski definition) is 0. The van der Waals surface area contributed by atoms with Crippen LogP contribution in [0.2, 0.25) is 5.02 Å². The molecular weight excluding hydrogens is 342 g/mol. The molecule has 126 valence electrons. The van der Waals surface area contributed by atoms with Crippen LogP contribution in [0.3, 0.4) is 0 Å². The average Bonchev–Trinajstić information content (AvgIpc) is 2.94. The van der Waals surface area contributed by atoms with Gasteiger partial charge in [-0.1, -0.05) is 23.7 Å². The van der Waals surface area contributed by atoms with Gasteiger partial charge in [0.2, 0.25) is 0 Å². The van der Waals surface area contributed by atoms with Crippen LogP contribution in [0.5, 0.6) is 0 Å². The summed E-state index contributed by atoms with van der Waals surface area (Å²) in [5.74, 6) is -0.866. The summed E-state index contributed by atoms with van der Waals surface area (Å²) < 4.78 is 6.75. The Morgan fingerprint density at radius 2 is 2.16 bits per heavy atom. The SMILES string of the molecule is CCOC(=O)c1nc(C(C#N)c2nc3ccccc3n2C)ncc1Cl. The number of aromatic nitrogens is 4. The first-order chi connectivity index (χ1) is 12.1. The molecule has 0 N–H and O–H groups in total. The predicted molar refractivity (Wildman–Crippen MR) is 91.2 cm³/mol. The Kier molecular flexibility index (Phi) is 4.63. The van der Waals surface area contributed by atoms with Crippen LogP contribution in [0, 0.1) is 11.3 Å². The van der Waals surface area contributed by atoms with Crippen LogP contribution in [0.15, 0.2) is 30.5 Å². The van der Waals surface area contributed by atoms with Crippen LogP contribution in [0.1, 0.15) is 35.0 Å². The van der Waals surface area contributed by atoms with E-state index >= 15 is 0 Å². The van der Waals surface area contributed by atoms with Crippen LogP contribution < -0.4 is 0 Å². The number of imidazole rings is 1. The van der Waals surface area contributed by atoms with Crippen molar-refractivity contribution in [2.24, 2.45) is 7.05 Å². The minimum atomic E-state index is -0.845. The summed E-state index contributed by atoms with van der Waals surface area (Å²) in [5, 5.41) is 9.73. The van der Waals surface area contributed by atoms with Gasteiger partial charge in [0.05, 0.1) is 34.9 Å². The fourth-order valence-corrected chi connectivity index (χ4v) is 2.68. The smallest absolute Gasteiger partial charge is 0.358 e. The molecule has 0 amide bonds. The Morgan fingerprint density at radius 1 is 1.40 bits per heavy atom. The van der Waals surface area contributed by atoms with Crippen molar-refractivity contribution in [2.75, 3.05) is 6.61 Å². The minimum absolute atomic E-state index is 0.0625. The molecule has 0 aliphatic carbocycles. The van der Waals surface area contributed by atoms with Gasteiger partial charge < -0.3 is 9.30 Å². The molecule has 0 radical (unpaired) electrons. The van der Waals surface area contributed by atoms with E-state index in [2.05, 4.69) is 21.0 Å². The third kappa shape index (κ3) is 3.04. The van der Waals surface area contributed by atoms with Gasteiger partial charge in [0.15, 0.2) is 17.4 Å². The molecule has 1 atom stereocenters. The van der Waals surface area contributed by atoms with Crippen LogP contribution in [0.25, 0.3) is 11.0 Å². The number of carbonyl (C=O) groups excluding carboxylic acids is 1. The van der Waals surface area contributed by atoms with E-state index in [-0.39, 0.29) is 23.1 Å². The fraction of sp³-hybridized carbons (Fsp3) is 0.235. The maximum Gasteiger partial charge on any atom is 0.358 e. The van der Waals surface area contributed by atoms with E-state index in [0.29, 0.717) is 5.82 Å². The van der Waals surface area contributed by atoms with E-state index in [0.717, 1.165) is 11.0 Å². The third-order valence-corrected chi connectivity index (χ3v) is 3.98. The molecule has 0 saturated heterocycles. The van der Waals surface area contributed by atoms with Crippen molar-refractivity contribution >= 4 is 28.6 Å². The quantitative estimate of drug-likeness (QED) is 0.668. The van der Waals surface area contributed by atoms with Crippen molar-refractivity contribution in [3.8, 4) is 6.07 Å². The van der Waals surface area contributed by atoms with E-state index < -0.39 is 11.9 Å². The molecule has 2 heterocycles. The number of fused-ring (bicyclic) bond motifs is 1. The summed E-state index contributed by atoms with van der Waals surface area (Å²) in [7, 11) is 1.82. The summed E-state index contributed by atoms with van der Waals surface area (Å²) >= 11 is 5.99. The van der Waals surface area contributed by atoms with Crippen LogP contribution >= 0.6 is 11.6 Å². The second-order valence-electron chi connectivity index (χ2n) is 5.23. The predicted octanol–water partition coefficient (Wildman–Crippen LogP) is 2.85. The highest BCUT2D eigenvalue weighted by Crippen LogP contribution is 2.25. The molecular formula is C17H14ClN5O2. The molecule has 8 heteroatoms. The molecule has 7 nitrogen and oxygen atoms in total. The molecule has 0 fully saturated rings. The molecule has 0 aliphatic heterocycles. The van der Waals surface area contributed by atoms with Gasteiger partial charge in [-0.25, -0.2) is 19.7 Å². The van der Waals surface area contributed by atoms with Crippen molar-refractivity contribution in [1.29, 1.82) is 5.26 Å². The van der Waals surface area contributed by atoms with E-state index in [1.807, 2.05) is 35.9 Å². The number of carbonyl (C=O) groups is 1. The molecule has 0 spiro atoms. The van der Waals surface area contributed by atoms with Crippen molar-refractivity contribution in [3.05, 3.63) is 52.8 Å². The van der Waals surface area contributed by atoms with E-state index in [1.165, 1.54) is 6.20 Å². The van der Waals surface area contributed by atoms with Crippen LogP contribution in [-0.2, 0) is 11.8 Å². The Balaban J connectivity index is 2.09. The molecule has 0 aliphatic rings. The number of benzene rings is 1. The van der Waals surface area contributed by atoms with Gasteiger partial charge in [-0.3, -0.25) is 0 Å². The maximum atomic E-state index is 12.0. The molecule has 3 rings (SSSR count). The number of nitrogens with zero attached hydrogens (tertiary/aromatic N) is 5. The second kappa shape index (κ2) is 6.87. The molecule has 1 unspecified atom stereocenters. The van der Waals surface area contributed by atoms with Crippen molar-refractivity contribution in [2.45, 2.75) is 12.8 Å². The largest absolute Gasteiger partial charge is 0.461 e. The minimum Gasteiger partial charge on any atom is -0.461 e. The van der Waals surface area contributed by atoms with Crippen molar-refractivity contribution in [1.82, 2.24) is 19.5 Å². The van der Waals surface area contributed by atoms with Crippen LogP contribution in [0.4, 0.5) is 0 Å². The van der Waals surface area contributed by atoms with E-state index in [4.69, 9.17) is 16.3 Å². The lowest BCUT2D eigenvalue weighted by molar-refractivity contribution is 0.0519. The first-order valence-electron chi connectivity index (χ1n) is 7.57. The van der Waals surface area contributed by atoms with Crippen molar-refractivity contribution < 1.29 is 9.53 Å². The molecule has 3 aromatic rings. The Bertz CT molecular complexity index is 992. The number of esters is 1. The first kappa shape index (κ1) is 16.9. The highest BCUT2D eigenvalue weighted by molar-refractivity contribution is 6.33. The lowest BCUT2D eigenvalue weighted by atomic mass is 10.1. The van der Waals surface area contributed by atoms with Gasteiger partial charge in [0, 0.05) is 7.05 Å². The Hall–Kier alpha value is -2.98. The summed E-state index contributed by atoms with van der Waals surface area (Å²) in [6.07, 6.45) is 1.29. The number of para-hydroxylation sites is 2. The summed E-state index contributed by atoms with van der Waals surface area (Å²) in [6, 6.07) is 9.69. The first-order valence-corrected chi connectivity index (χ1v) is 7.95. The summed E-state index contributed by atoms with van der Waals surface area (Å²) in [5.41, 5.74) is 1.59. The van der Waals surface area contributed by atoms with Crippen molar-refractivity contribution in [3.63, 3.8) is 0 Å². The Labute approximate surface area is 148 Å². The zero-order valence-electron chi connectivity index (χ0n) is 13.6. The Morgan fingerprint density at radius 3 is 2.84 bits per heavy atom. The number of hydrogen-bond acceptors (Lipinski definition) is 6. The van der Waals surface area contributed by atoms with Gasteiger partial charge in [-0.15, -0.1) is 0 Å². The average molecular weight is 356 g/mol. The second-order valence-corrected chi connectivity index (χ2v) is 5.63. The maximum absolute atomic E-state index is 12.0. The van der Waals surface area contributed by atoms with Gasteiger partial charge in [-0.05, 0) is 19.1 Å². The number of aryl methyl sites for hydroxylation is 1. The standard InChI is InChI=1S/C17H14ClN5O2/c1-3-25-17(24)14-11(18)9-20-15(22-14)10(8-19)16-21-12-6-4-5-7-13(12)23(16)2/h4-7,9-10H,3H2,1-2H3. The zero-order valence-corrected chi connectivity index (χ0v) is 14.4. The van der Waals surface area contributed by atoms with Gasteiger partial charge >= 0.3 is 5.97 Å². The summed E-state index contributed by atoms with van der Waals surface area (Å²) in [4.78, 5) is 24.7. The number of ether oxygens (including phenoxy) is 1. The monoisotopic (exact) mass is 355 g/mol. The van der Waals surface area contributed by atoms with Gasteiger partial charge in [0.25, 0.3) is 0 Å². The normalized spacial score (nSPS) is 11.9. The van der Waals surface area contributed by atoms with E-state index in [9.17, 15) is 10.1 Å². The summed E-state index contributed by atoms with van der Waals surface area (Å²) in [6.45, 7) is 1.88. The van der Waals surface area contributed by atoms with E-state index in [1.54, 1.807) is 6.92 Å². The molecule has 0 saturated carbocycles. The number of rotatable bonds is 4. The lowest BCUT2D eigenvalue weighted by Crippen LogP contribution is -2.14. The van der Waals surface area contributed by atoms with Gasteiger partial charge in [-0.2, -0.15) is 5.26 Å². The number of nitriles is 1. The number of halogens is 1. The zero-order chi connectivity index (χ0) is 18.0. The molecule has 1 aromatic carbocycles. The third-order valence-electron chi connectivity index (χ3n) is 3.70. The molecule has 2 aromatic heterocycles. The fourth-order valence-electron chi connectivity index (χ4n) is 2.52. The highest BCUT2D eigenvalue weighted by Gasteiger charge is 2.25. The highest BCUT2D eigenvalue weighted by atomic mass is 35.5. The van der Waals surface area contributed by atoms with Crippen LogP contribution in [-0.4, -0.2) is 32.1 Å². The topological polar surface area (TPSA) is 93.7 Å².